The molecule has 1 aliphatic heterocycles. The third-order valence-corrected chi connectivity index (χ3v) is 4.05. The zero-order valence-electron chi connectivity index (χ0n) is 11.3. The summed E-state index contributed by atoms with van der Waals surface area (Å²) in [6, 6.07) is 6.63. The zero-order valence-corrected chi connectivity index (χ0v) is 11.3. The lowest BCUT2D eigenvalue weighted by atomic mass is 10.1. The van der Waals surface area contributed by atoms with Crippen LogP contribution >= 0.6 is 0 Å². The molecule has 3 rings (SSSR count). The van der Waals surface area contributed by atoms with Crippen LogP contribution in [0.5, 0.6) is 0 Å². The fourth-order valence-electron chi connectivity index (χ4n) is 2.98. The maximum Gasteiger partial charge on any atom is 0.137 e. The molecule has 4 nitrogen and oxygen atoms in total. The van der Waals surface area contributed by atoms with Crippen molar-refractivity contribution in [1.29, 1.82) is 0 Å². The summed E-state index contributed by atoms with van der Waals surface area (Å²) >= 11 is 0. The second kappa shape index (κ2) is 5.72. The minimum absolute atomic E-state index is 0.521. The van der Waals surface area contributed by atoms with Crippen molar-refractivity contribution < 1.29 is 0 Å². The van der Waals surface area contributed by atoms with Gasteiger partial charge in [-0.1, -0.05) is 18.9 Å². The van der Waals surface area contributed by atoms with Crippen molar-refractivity contribution >= 4 is 5.65 Å². The highest BCUT2D eigenvalue weighted by molar-refractivity contribution is 5.39. The van der Waals surface area contributed by atoms with Gasteiger partial charge in [-0.15, -0.1) is 0 Å². The molecule has 0 bridgehead atoms. The van der Waals surface area contributed by atoms with E-state index >= 15 is 0 Å². The Morgan fingerprint density at radius 3 is 3.05 bits per heavy atom. The number of pyridine rings is 1. The molecule has 1 unspecified atom stereocenters. The van der Waals surface area contributed by atoms with E-state index in [2.05, 4.69) is 26.7 Å². The summed E-state index contributed by atoms with van der Waals surface area (Å²) in [6.45, 7) is 2.83. The van der Waals surface area contributed by atoms with Gasteiger partial charge >= 0.3 is 0 Å². The molecule has 2 aromatic heterocycles. The Hall–Kier alpha value is -1.39. The summed E-state index contributed by atoms with van der Waals surface area (Å²) < 4.78 is 2.09. The molecule has 0 aliphatic carbocycles. The molecule has 2 N–H and O–H groups in total. The normalized spacial score (nSPS) is 21.6. The van der Waals surface area contributed by atoms with Crippen LogP contribution in [0, 0.1) is 0 Å². The topological polar surface area (TPSA) is 46.6 Å². The van der Waals surface area contributed by atoms with E-state index < -0.39 is 0 Å². The van der Waals surface area contributed by atoms with E-state index in [0.29, 0.717) is 6.04 Å². The fourth-order valence-corrected chi connectivity index (χ4v) is 2.98. The second-order valence-corrected chi connectivity index (χ2v) is 5.41. The summed E-state index contributed by atoms with van der Waals surface area (Å²) in [7, 11) is 0. The Kier molecular flexibility index (Phi) is 3.80. The summed E-state index contributed by atoms with van der Waals surface area (Å²) in [5.74, 6) is 0. The van der Waals surface area contributed by atoms with Gasteiger partial charge < -0.3 is 10.1 Å². The first-order valence-corrected chi connectivity index (χ1v) is 7.23. The number of hydrogen-bond donors (Lipinski definition) is 1. The molecule has 0 saturated carbocycles. The van der Waals surface area contributed by atoms with Gasteiger partial charge in [0.25, 0.3) is 0 Å². The predicted molar refractivity (Wildman–Crippen MR) is 76.9 cm³/mol. The first-order chi connectivity index (χ1) is 9.36. The van der Waals surface area contributed by atoms with Crippen LogP contribution in [0.2, 0.25) is 0 Å². The van der Waals surface area contributed by atoms with Crippen LogP contribution in [0.3, 0.4) is 0 Å². The second-order valence-electron chi connectivity index (χ2n) is 5.41. The smallest absolute Gasteiger partial charge is 0.137 e. The maximum atomic E-state index is 5.92. The van der Waals surface area contributed by atoms with Gasteiger partial charge in [-0.3, -0.25) is 4.90 Å². The fraction of sp³-hybridized carbons (Fsp3) is 0.533. The Morgan fingerprint density at radius 1 is 1.26 bits per heavy atom. The van der Waals surface area contributed by atoms with Gasteiger partial charge in [-0.2, -0.15) is 0 Å². The summed E-state index contributed by atoms with van der Waals surface area (Å²) in [6.07, 6.45) is 9.33. The number of rotatable bonds is 3. The maximum absolute atomic E-state index is 5.92. The molecule has 19 heavy (non-hydrogen) atoms. The molecule has 1 saturated heterocycles. The van der Waals surface area contributed by atoms with E-state index in [-0.39, 0.29) is 0 Å². The van der Waals surface area contributed by atoms with E-state index in [1.54, 1.807) is 0 Å². The van der Waals surface area contributed by atoms with Crippen molar-refractivity contribution in [2.75, 3.05) is 13.1 Å². The average Bonchev–Trinajstić information content (AvgIpc) is 2.70. The molecule has 0 amide bonds. The molecule has 1 aliphatic rings. The third kappa shape index (κ3) is 2.80. The minimum atomic E-state index is 0.521. The number of hydrogen-bond acceptors (Lipinski definition) is 3. The summed E-state index contributed by atoms with van der Waals surface area (Å²) in [5.41, 5.74) is 8.09. The van der Waals surface area contributed by atoms with Crippen molar-refractivity contribution in [2.24, 2.45) is 5.73 Å². The number of aromatic nitrogens is 2. The quantitative estimate of drug-likeness (QED) is 0.916. The first kappa shape index (κ1) is 12.6. The van der Waals surface area contributed by atoms with Crippen LogP contribution in [-0.2, 0) is 6.54 Å². The monoisotopic (exact) mass is 258 g/mol. The molecule has 4 heteroatoms. The first-order valence-electron chi connectivity index (χ1n) is 7.23. The van der Waals surface area contributed by atoms with Gasteiger partial charge in [0.1, 0.15) is 5.65 Å². The van der Waals surface area contributed by atoms with Gasteiger partial charge in [-0.25, -0.2) is 4.98 Å². The van der Waals surface area contributed by atoms with Crippen LogP contribution in [-0.4, -0.2) is 33.4 Å². The Labute approximate surface area is 114 Å². The Bertz CT molecular complexity index is 501. The number of likely N-dealkylation sites (tertiary alicyclic amines) is 1. The van der Waals surface area contributed by atoms with E-state index in [1.807, 2.05) is 18.2 Å². The standard InChI is InChI=1S/C15H22N4/c16-10-14-6-2-1-4-8-18(14)11-13-12-19-9-5-3-7-15(19)17-13/h3,5,7,9,12,14H,1-2,4,6,8,10-11,16H2. The van der Waals surface area contributed by atoms with Crippen molar-refractivity contribution in [3.05, 3.63) is 36.3 Å². The molecular formula is C15H22N4. The van der Waals surface area contributed by atoms with Gasteiger partial charge in [0.2, 0.25) is 0 Å². The highest BCUT2D eigenvalue weighted by Gasteiger charge is 2.20. The van der Waals surface area contributed by atoms with Crippen LogP contribution in [0.4, 0.5) is 0 Å². The SMILES string of the molecule is NCC1CCCCCN1Cc1cn2ccccc2n1. The molecule has 0 aromatic carbocycles. The molecule has 2 aromatic rings. The third-order valence-electron chi connectivity index (χ3n) is 4.05. The molecule has 3 heterocycles. The van der Waals surface area contributed by atoms with E-state index in [1.165, 1.54) is 25.7 Å². The lowest BCUT2D eigenvalue weighted by Crippen LogP contribution is -2.39. The molecule has 102 valence electrons. The van der Waals surface area contributed by atoms with Crippen molar-refractivity contribution in [1.82, 2.24) is 14.3 Å². The molecule has 1 fully saturated rings. The number of imidazole rings is 1. The minimum Gasteiger partial charge on any atom is -0.329 e. The van der Waals surface area contributed by atoms with Gasteiger partial charge in [-0.05, 0) is 31.5 Å². The molecule has 1 atom stereocenters. The molecular weight excluding hydrogens is 236 g/mol. The number of nitrogens with two attached hydrogens (primary N) is 1. The van der Waals surface area contributed by atoms with Crippen molar-refractivity contribution in [2.45, 2.75) is 38.3 Å². The number of nitrogens with zero attached hydrogens (tertiary/aromatic N) is 3. The van der Waals surface area contributed by atoms with Gasteiger partial charge in [0.05, 0.1) is 5.69 Å². The zero-order chi connectivity index (χ0) is 13.1. The number of fused-ring (bicyclic) bond motifs is 1. The Balaban J connectivity index is 1.78. The van der Waals surface area contributed by atoms with Gasteiger partial charge in [0, 0.05) is 31.5 Å². The molecule has 0 radical (unpaired) electrons. The van der Waals surface area contributed by atoms with Crippen molar-refractivity contribution in [3.8, 4) is 0 Å². The van der Waals surface area contributed by atoms with E-state index in [0.717, 1.165) is 31.0 Å². The van der Waals surface area contributed by atoms with Crippen LogP contribution in [0.1, 0.15) is 31.4 Å². The van der Waals surface area contributed by atoms with Gasteiger partial charge in [0.15, 0.2) is 0 Å². The summed E-state index contributed by atoms with van der Waals surface area (Å²) in [5, 5.41) is 0. The predicted octanol–water partition coefficient (Wildman–Crippen LogP) is 2.04. The lowest BCUT2D eigenvalue weighted by molar-refractivity contribution is 0.194. The highest BCUT2D eigenvalue weighted by atomic mass is 15.2. The van der Waals surface area contributed by atoms with E-state index in [4.69, 9.17) is 5.73 Å². The lowest BCUT2D eigenvalue weighted by Gasteiger charge is -2.27. The largest absolute Gasteiger partial charge is 0.329 e. The average molecular weight is 258 g/mol. The van der Waals surface area contributed by atoms with Crippen LogP contribution < -0.4 is 5.73 Å². The van der Waals surface area contributed by atoms with Crippen LogP contribution in [0.15, 0.2) is 30.6 Å². The van der Waals surface area contributed by atoms with Crippen LogP contribution in [0.25, 0.3) is 5.65 Å². The molecule has 0 spiro atoms. The Morgan fingerprint density at radius 2 is 2.21 bits per heavy atom. The van der Waals surface area contributed by atoms with E-state index in [9.17, 15) is 0 Å². The summed E-state index contributed by atoms with van der Waals surface area (Å²) in [4.78, 5) is 7.20. The van der Waals surface area contributed by atoms with Crippen molar-refractivity contribution in [3.63, 3.8) is 0 Å². The highest BCUT2D eigenvalue weighted by Crippen LogP contribution is 2.18.